The van der Waals surface area contributed by atoms with Crippen molar-refractivity contribution < 1.29 is 33.6 Å². The predicted octanol–water partition coefficient (Wildman–Crippen LogP) is 2.70. The van der Waals surface area contributed by atoms with Crippen LogP contribution in [0.5, 0.6) is 23.0 Å². The molecule has 0 radical (unpaired) electrons. The number of carbonyl (C=O) groups is 2. The molecule has 0 unspecified atom stereocenters. The Balaban J connectivity index is 2.20. The minimum absolute atomic E-state index is 0.0109. The van der Waals surface area contributed by atoms with E-state index in [-0.39, 0.29) is 11.3 Å². The number of ketones is 1. The van der Waals surface area contributed by atoms with E-state index in [1.54, 1.807) is 36.4 Å². The Labute approximate surface area is 199 Å². The van der Waals surface area contributed by atoms with Crippen molar-refractivity contribution in [2.75, 3.05) is 55.6 Å². The van der Waals surface area contributed by atoms with Crippen LogP contribution in [0.3, 0.4) is 0 Å². The third-order valence-electron chi connectivity index (χ3n) is 5.71. The van der Waals surface area contributed by atoms with Gasteiger partial charge in [0, 0.05) is 18.7 Å². The summed E-state index contributed by atoms with van der Waals surface area (Å²) in [5, 5.41) is 11.3. The zero-order chi connectivity index (χ0) is 25.0. The largest absolute Gasteiger partial charge is 0.507 e. The summed E-state index contributed by atoms with van der Waals surface area (Å²) in [7, 11) is 9.78. The van der Waals surface area contributed by atoms with Crippen LogP contribution in [0.15, 0.2) is 42.0 Å². The summed E-state index contributed by atoms with van der Waals surface area (Å²) in [6, 6.07) is 9.15. The molecule has 2 aromatic carbocycles. The molecular weight excluding hydrogens is 440 g/mol. The van der Waals surface area contributed by atoms with Crippen LogP contribution >= 0.6 is 0 Å². The van der Waals surface area contributed by atoms with Gasteiger partial charge in [-0.15, -0.1) is 0 Å². The van der Waals surface area contributed by atoms with Gasteiger partial charge < -0.3 is 33.9 Å². The van der Waals surface area contributed by atoms with Gasteiger partial charge in [-0.25, -0.2) is 0 Å². The number of benzene rings is 2. The molecule has 0 spiro atoms. The third kappa shape index (κ3) is 4.65. The molecule has 0 bridgehead atoms. The molecule has 1 heterocycles. The zero-order valence-electron chi connectivity index (χ0n) is 20.2. The number of hydrogen-bond donors (Lipinski definition) is 1. The molecular formula is C25H30N2O7. The first kappa shape index (κ1) is 24.9. The fourth-order valence-electron chi connectivity index (χ4n) is 3.93. The van der Waals surface area contributed by atoms with E-state index in [4.69, 9.17) is 18.9 Å². The first-order valence-electron chi connectivity index (χ1n) is 10.6. The fraction of sp³-hybridized carbons (Fsp3) is 0.360. The monoisotopic (exact) mass is 470 g/mol. The Bertz CT molecular complexity index is 1110. The summed E-state index contributed by atoms with van der Waals surface area (Å²) in [4.78, 5) is 29.6. The molecule has 182 valence electrons. The van der Waals surface area contributed by atoms with Gasteiger partial charge in [-0.05, 0) is 50.0 Å². The Morgan fingerprint density at radius 2 is 1.44 bits per heavy atom. The Hall–Kier alpha value is -3.72. The van der Waals surface area contributed by atoms with Crippen molar-refractivity contribution in [3.05, 3.63) is 53.1 Å². The summed E-state index contributed by atoms with van der Waals surface area (Å²) in [6.07, 6.45) is 0. The lowest BCUT2D eigenvalue weighted by molar-refractivity contribution is -0.140. The van der Waals surface area contributed by atoms with Gasteiger partial charge in [-0.3, -0.25) is 9.59 Å². The third-order valence-corrected chi connectivity index (χ3v) is 5.71. The summed E-state index contributed by atoms with van der Waals surface area (Å²) in [5.74, 6) is 0.0830. The minimum Gasteiger partial charge on any atom is -0.507 e. The highest BCUT2D eigenvalue weighted by Crippen LogP contribution is 2.42. The number of carbonyl (C=O) groups excluding carboxylic acids is 2. The van der Waals surface area contributed by atoms with Gasteiger partial charge >= 0.3 is 0 Å². The van der Waals surface area contributed by atoms with E-state index in [1.165, 1.54) is 33.3 Å². The molecule has 0 aromatic heterocycles. The number of Topliss-reactive ketones (excluding diaryl/α,β-unsaturated/α-hetero) is 1. The quantitative estimate of drug-likeness (QED) is 0.339. The summed E-state index contributed by atoms with van der Waals surface area (Å²) < 4.78 is 21.4. The van der Waals surface area contributed by atoms with Gasteiger partial charge in [-0.1, -0.05) is 6.07 Å². The van der Waals surface area contributed by atoms with Crippen molar-refractivity contribution in [2.45, 2.75) is 6.04 Å². The molecule has 9 nitrogen and oxygen atoms in total. The van der Waals surface area contributed by atoms with Gasteiger partial charge in [0.1, 0.15) is 5.76 Å². The first-order chi connectivity index (χ1) is 16.3. The van der Waals surface area contributed by atoms with Crippen LogP contribution < -0.4 is 18.9 Å². The van der Waals surface area contributed by atoms with Gasteiger partial charge in [0.2, 0.25) is 0 Å². The molecule has 1 fully saturated rings. The summed E-state index contributed by atoms with van der Waals surface area (Å²) in [5.41, 5.74) is 0.926. The molecule has 9 heteroatoms. The molecule has 2 aromatic rings. The van der Waals surface area contributed by atoms with Gasteiger partial charge in [0.25, 0.3) is 11.7 Å². The number of likely N-dealkylation sites (N-methyl/N-ethyl adjacent to an activating group) is 1. The van der Waals surface area contributed by atoms with Crippen LogP contribution in [0, 0.1) is 0 Å². The number of rotatable bonds is 9. The molecule has 1 aliphatic rings. The number of aliphatic hydroxyl groups excluding tert-OH is 1. The standard InChI is InChI=1S/C25H30N2O7/c1-26(2)11-12-27-22(15-7-9-17(31-3)19(13-15)33-5)21(24(29)25(27)30)23(28)16-8-10-18(32-4)20(14-16)34-6/h7-10,13-14,22,28H,11-12H2,1-6H3/b23-21+/t22-/m0/s1. The Morgan fingerprint density at radius 1 is 0.882 bits per heavy atom. The topological polar surface area (TPSA) is 97.8 Å². The number of likely N-dealkylation sites (tertiary alicyclic amines) is 1. The lowest BCUT2D eigenvalue weighted by Crippen LogP contribution is -2.35. The summed E-state index contributed by atoms with van der Waals surface area (Å²) in [6.45, 7) is 0.826. The number of nitrogens with zero attached hydrogens (tertiary/aromatic N) is 2. The lowest BCUT2D eigenvalue weighted by atomic mass is 9.95. The van der Waals surface area contributed by atoms with Crippen molar-refractivity contribution in [3.63, 3.8) is 0 Å². The minimum atomic E-state index is -0.812. The second kappa shape index (κ2) is 10.5. The van der Waals surface area contributed by atoms with Crippen LogP contribution in [-0.2, 0) is 9.59 Å². The normalized spacial score (nSPS) is 17.3. The second-order valence-electron chi connectivity index (χ2n) is 7.98. The first-order valence-corrected chi connectivity index (χ1v) is 10.6. The van der Waals surface area contributed by atoms with Crippen LogP contribution in [0.4, 0.5) is 0 Å². The molecule has 0 aliphatic carbocycles. The van der Waals surface area contributed by atoms with Crippen LogP contribution in [-0.4, -0.2) is 82.2 Å². The predicted molar refractivity (Wildman–Crippen MR) is 127 cm³/mol. The van der Waals surface area contributed by atoms with Gasteiger partial charge in [0.15, 0.2) is 23.0 Å². The van der Waals surface area contributed by atoms with E-state index in [2.05, 4.69) is 0 Å². The number of aliphatic hydroxyl groups is 1. The van der Waals surface area contributed by atoms with E-state index in [0.29, 0.717) is 47.2 Å². The smallest absolute Gasteiger partial charge is 0.295 e. The number of hydrogen-bond acceptors (Lipinski definition) is 8. The lowest BCUT2D eigenvalue weighted by Gasteiger charge is -2.27. The molecule has 1 saturated heterocycles. The number of ether oxygens (including phenoxy) is 4. The van der Waals surface area contributed by atoms with E-state index < -0.39 is 17.7 Å². The maximum Gasteiger partial charge on any atom is 0.295 e. The van der Waals surface area contributed by atoms with Crippen molar-refractivity contribution >= 4 is 17.4 Å². The van der Waals surface area contributed by atoms with Crippen LogP contribution in [0.25, 0.3) is 5.76 Å². The average molecular weight is 471 g/mol. The van der Waals surface area contributed by atoms with Crippen LogP contribution in [0.2, 0.25) is 0 Å². The highest BCUT2D eigenvalue weighted by atomic mass is 16.5. The molecule has 3 rings (SSSR count). The van der Waals surface area contributed by atoms with Crippen molar-refractivity contribution in [1.82, 2.24) is 9.80 Å². The average Bonchev–Trinajstić information content (AvgIpc) is 3.10. The van der Waals surface area contributed by atoms with Crippen molar-refractivity contribution in [2.24, 2.45) is 0 Å². The zero-order valence-corrected chi connectivity index (χ0v) is 20.2. The molecule has 1 amide bonds. The maximum absolute atomic E-state index is 13.2. The molecule has 1 N–H and O–H groups in total. The number of methoxy groups -OCH3 is 4. The molecule has 34 heavy (non-hydrogen) atoms. The van der Waals surface area contributed by atoms with E-state index in [1.807, 2.05) is 19.0 Å². The van der Waals surface area contributed by atoms with Gasteiger partial charge in [-0.2, -0.15) is 0 Å². The number of amides is 1. The highest BCUT2D eigenvalue weighted by Gasteiger charge is 2.46. The van der Waals surface area contributed by atoms with E-state index >= 15 is 0 Å². The van der Waals surface area contributed by atoms with Crippen molar-refractivity contribution in [3.8, 4) is 23.0 Å². The maximum atomic E-state index is 13.2. The van der Waals surface area contributed by atoms with Gasteiger partial charge in [0.05, 0.1) is 40.1 Å². The van der Waals surface area contributed by atoms with Crippen LogP contribution in [0.1, 0.15) is 17.2 Å². The Morgan fingerprint density at radius 3 is 2.00 bits per heavy atom. The second-order valence-corrected chi connectivity index (χ2v) is 7.98. The van der Waals surface area contributed by atoms with E-state index in [9.17, 15) is 14.7 Å². The summed E-state index contributed by atoms with van der Waals surface area (Å²) >= 11 is 0. The highest BCUT2D eigenvalue weighted by molar-refractivity contribution is 6.46. The SMILES string of the molecule is COc1ccc(/C(O)=C2\C(=O)C(=O)N(CCN(C)C)[C@H]2c2ccc(OC)c(OC)c2)cc1OC. The Kier molecular flexibility index (Phi) is 7.68. The molecule has 1 aliphatic heterocycles. The molecule has 1 atom stereocenters. The van der Waals surface area contributed by atoms with E-state index in [0.717, 1.165) is 0 Å². The molecule has 0 saturated carbocycles. The van der Waals surface area contributed by atoms with Crippen molar-refractivity contribution in [1.29, 1.82) is 0 Å². The fourth-order valence-corrected chi connectivity index (χ4v) is 3.93.